The largest absolute Gasteiger partial charge is 0.502 e. The maximum atomic E-state index is 13.1. The van der Waals surface area contributed by atoms with Crippen LogP contribution in [0, 0.1) is 5.82 Å². The second-order valence-corrected chi connectivity index (χ2v) is 5.22. The molecule has 0 unspecified atom stereocenters. The van der Waals surface area contributed by atoms with Gasteiger partial charge in [-0.15, -0.1) is 0 Å². The third-order valence-corrected chi connectivity index (χ3v) is 3.82. The van der Waals surface area contributed by atoms with Crippen LogP contribution < -0.4 is 14.4 Å². The molecule has 128 valence electrons. The highest BCUT2D eigenvalue weighted by molar-refractivity contribution is 6.44. The van der Waals surface area contributed by atoms with Crippen LogP contribution in [0.5, 0.6) is 11.5 Å². The van der Waals surface area contributed by atoms with Gasteiger partial charge in [-0.25, -0.2) is 9.29 Å². The summed E-state index contributed by atoms with van der Waals surface area (Å²) in [4.78, 5) is 25.9. The van der Waals surface area contributed by atoms with Gasteiger partial charge in [0.15, 0.2) is 17.3 Å². The topological polar surface area (TPSA) is 76.1 Å². The summed E-state index contributed by atoms with van der Waals surface area (Å²) >= 11 is 0. The van der Waals surface area contributed by atoms with Gasteiger partial charge in [0.25, 0.3) is 5.91 Å². The number of imide groups is 1. The lowest BCUT2D eigenvalue weighted by Gasteiger charge is -2.16. The van der Waals surface area contributed by atoms with E-state index in [1.54, 1.807) is 6.07 Å². The van der Waals surface area contributed by atoms with Crippen molar-refractivity contribution in [2.45, 2.75) is 0 Å². The fraction of sp³-hybridized carbons (Fsp3) is 0.111. The molecule has 0 fully saturated rings. The molecular formula is C18H14FNO5. The smallest absolute Gasteiger partial charge is 0.301 e. The summed E-state index contributed by atoms with van der Waals surface area (Å²) in [6.07, 6.45) is 0. The molecule has 0 spiro atoms. The molecule has 2 aromatic carbocycles. The van der Waals surface area contributed by atoms with Crippen molar-refractivity contribution in [2.75, 3.05) is 19.1 Å². The van der Waals surface area contributed by atoms with Crippen molar-refractivity contribution in [1.29, 1.82) is 0 Å². The molecule has 6 nitrogen and oxygen atoms in total. The van der Waals surface area contributed by atoms with Gasteiger partial charge in [0, 0.05) is 6.07 Å². The maximum absolute atomic E-state index is 13.1. The summed E-state index contributed by atoms with van der Waals surface area (Å²) in [6.45, 7) is 0. The minimum absolute atomic E-state index is 0.181. The lowest BCUT2D eigenvalue weighted by molar-refractivity contribution is -0.121. The number of halogens is 1. The monoisotopic (exact) mass is 343 g/mol. The number of carbonyl (C=O) groups excluding carboxylic acids is 2. The van der Waals surface area contributed by atoms with E-state index < -0.39 is 23.4 Å². The molecule has 0 saturated carbocycles. The maximum Gasteiger partial charge on any atom is 0.301 e. The third-order valence-electron chi connectivity index (χ3n) is 3.82. The van der Waals surface area contributed by atoms with Crippen molar-refractivity contribution in [3.05, 3.63) is 59.6 Å². The standard InChI is InChI=1S/C18H14FNO5/c1-24-13-8-7-12(9-14(13)25-2)20-17(22)15(16(21)18(20)23)10-3-5-11(19)6-4-10/h3-9,21H,1-2H3. The van der Waals surface area contributed by atoms with Gasteiger partial charge < -0.3 is 14.6 Å². The molecule has 1 heterocycles. The highest BCUT2D eigenvalue weighted by Crippen LogP contribution is 2.36. The number of carbonyl (C=O) groups is 2. The summed E-state index contributed by atoms with van der Waals surface area (Å²) in [5.41, 5.74) is 0.288. The van der Waals surface area contributed by atoms with E-state index in [9.17, 15) is 19.1 Å². The molecule has 7 heteroatoms. The average molecular weight is 343 g/mol. The molecule has 25 heavy (non-hydrogen) atoms. The molecular weight excluding hydrogens is 329 g/mol. The van der Waals surface area contributed by atoms with Gasteiger partial charge in [-0.1, -0.05) is 12.1 Å². The Morgan fingerprint density at radius 1 is 0.920 bits per heavy atom. The van der Waals surface area contributed by atoms with Crippen LogP contribution >= 0.6 is 0 Å². The second kappa shape index (κ2) is 6.27. The van der Waals surface area contributed by atoms with E-state index in [1.807, 2.05) is 0 Å². The van der Waals surface area contributed by atoms with Gasteiger partial charge in [-0.3, -0.25) is 9.59 Å². The highest BCUT2D eigenvalue weighted by atomic mass is 19.1. The van der Waals surface area contributed by atoms with Crippen molar-refractivity contribution in [3.63, 3.8) is 0 Å². The Kier molecular flexibility index (Phi) is 4.14. The number of anilines is 1. The molecule has 1 N–H and O–H groups in total. The van der Waals surface area contributed by atoms with Crippen LogP contribution in [-0.4, -0.2) is 31.1 Å². The van der Waals surface area contributed by atoms with Crippen LogP contribution in [0.3, 0.4) is 0 Å². The Morgan fingerprint density at radius 3 is 2.16 bits per heavy atom. The van der Waals surface area contributed by atoms with Crippen molar-refractivity contribution in [1.82, 2.24) is 0 Å². The van der Waals surface area contributed by atoms with Crippen molar-refractivity contribution >= 4 is 23.1 Å². The molecule has 1 aliphatic rings. The van der Waals surface area contributed by atoms with Crippen LogP contribution in [0.15, 0.2) is 48.2 Å². The number of amides is 2. The van der Waals surface area contributed by atoms with Crippen LogP contribution in [0.1, 0.15) is 5.56 Å². The Labute approximate surface area is 142 Å². The first-order valence-electron chi connectivity index (χ1n) is 7.28. The SMILES string of the molecule is COc1ccc(N2C(=O)C(O)=C(c3ccc(F)cc3)C2=O)cc1OC. The van der Waals surface area contributed by atoms with Gasteiger partial charge >= 0.3 is 5.91 Å². The zero-order valence-electron chi connectivity index (χ0n) is 13.4. The number of hydrogen-bond acceptors (Lipinski definition) is 5. The third kappa shape index (κ3) is 2.69. The predicted molar refractivity (Wildman–Crippen MR) is 88.0 cm³/mol. The van der Waals surface area contributed by atoms with Crippen molar-refractivity contribution in [3.8, 4) is 11.5 Å². The van der Waals surface area contributed by atoms with Gasteiger partial charge in [0.2, 0.25) is 0 Å². The fourth-order valence-corrected chi connectivity index (χ4v) is 2.59. The highest BCUT2D eigenvalue weighted by Gasteiger charge is 2.40. The Bertz CT molecular complexity index is 889. The Hall–Kier alpha value is -3.35. The van der Waals surface area contributed by atoms with E-state index in [0.29, 0.717) is 11.5 Å². The lowest BCUT2D eigenvalue weighted by Crippen LogP contribution is -2.31. The van der Waals surface area contributed by atoms with E-state index in [-0.39, 0.29) is 16.8 Å². The molecule has 0 saturated heterocycles. The number of rotatable bonds is 4. The van der Waals surface area contributed by atoms with Crippen LogP contribution in [-0.2, 0) is 9.59 Å². The molecule has 0 aromatic heterocycles. The van der Waals surface area contributed by atoms with Gasteiger partial charge in [-0.05, 0) is 29.8 Å². The molecule has 1 aliphatic heterocycles. The summed E-state index contributed by atoms with van der Waals surface area (Å²) < 4.78 is 23.4. The van der Waals surface area contributed by atoms with E-state index in [2.05, 4.69) is 0 Å². The van der Waals surface area contributed by atoms with E-state index in [0.717, 1.165) is 17.0 Å². The molecule has 0 atom stereocenters. The summed E-state index contributed by atoms with van der Waals surface area (Å²) in [5.74, 6) is -1.99. The van der Waals surface area contributed by atoms with E-state index >= 15 is 0 Å². The van der Waals surface area contributed by atoms with Crippen molar-refractivity contribution < 1.29 is 28.6 Å². The number of nitrogens with zero attached hydrogens (tertiary/aromatic N) is 1. The number of hydrogen-bond donors (Lipinski definition) is 1. The number of ether oxygens (including phenoxy) is 2. The van der Waals surface area contributed by atoms with E-state index in [1.165, 1.54) is 38.5 Å². The Balaban J connectivity index is 2.03. The molecule has 2 aromatic rings. The average Bonchev–Trinajstić information content (AvgIpc) is 2.84. The quantitative estimate of drug-likeness (QED) is 0.864. The van der Waals surface area contributed by atoms with Crippen LogP contribution in [0.4, 0.5) is 10.1 Å². The number of aliphatic hydroxyl groups is 1. The fourth-order valence-electron chi connectivity index (χ4n) is 2.59. The number of benzene rings is 2. The van der Waals surface area contributed by atoms with Crippen LogP contribution in [0.2, 0.25) is 0 Å². The molecule has 3 rings (SSSR count). The second-order valence-electron chi connectivity index (χ2n) is 5.22. The lowest BCUT2D eigenvalue weighted by atomic mass is 10.1. The molecule has 2 amide bonds. The molecule has 0 bridgehead atoms. The molecule has 0 aliphatic carbocycles. The molecule has 0 radical (unpaired) electrons. The summed E-state index contributed by atoms with van der Waals surface area (Å²) in [5, 5.41) is 10.1. The number of methoxy groups -OCH3 is 2. The minimum atomic E-state index is -0.864. The van der Waals surface area contributed by atoms with Crippen molar-refractivity contribution in [2.24, 2.45) is 0 Å². The van der Waals surface area contributed by atoms with Crippen LogP contribution in [0.25, 0.3) is 5.57 Å². The normalized spacial score (nSPS) is 14.3. The minimum Gasteiger partial charge on any atom is -0.502 e. The summed E-state index contributed by atoms with van der Waals surface area (Å²) in [7, 11) is 2.89. The summed E-state index contributed by atoms with van der Waals surface area (Å²) in [6, 6.07) is 9.43. The van der Waals surface area contributed by atoms with Gasteiger partial charge in [-0.2, -0.15) is 0 Å². The zero-order valence-corrected chi connectivity index (χ0v) is 13.4. The first kappa shape index (κ1) is 16.5. The first-order chi connectivity index (χ1) is 12.0. The number of aliphatic hydroxyl groups excluding tert-OH is 1. The van der Waals surface area contributed by atoms with Gasteiger partial charge in [0.05, 0.1) is 25.5 Å². The zero-order chi connectivity index (χ0) is 18.1. The predicted octanol–water partition coefficient (Wildman–Crippen LogP) is 2.69. The Morgan fingerprint density at radius 2 is 1.56 bits per heavy atom. The first-order valence-corrected chi connectivity index (χ1v) is 7.28. The van der Waals surface area contributed by atoms with E-state index in [4.69, 9.17) is 9.47 Å². The van der Waals surface area contributed by atoms with Gasteiger partial charge in [0.1, 0.15) is 5.82 Å².